The molecule has 1 aromatic heterocycles. The fraction of sp³-hybridized carbons (Fsp3) is 0.538. The monoisotopic (exact) mass is 235 g/mol. The lowest BCUT2D eigenvalue weighted by atomic mass is 9.85. The van der Waals surface area contributed by atoms with Gasteiger partial charge in [0.1, 0.15) is 0 Å². The lowest BCUT2D eigenvalue weighted by molar-refractivity contribution is -0.121. The fourth-order valence-corrected chi connectivity index (χ4v) is 1.58. The highest BCUT2D eigenvalue weighted by Crippen LogP contribution is 2.21. The third-order valence-electron chi connectivity index (χ3n) is 2.80. The van der Waals surface area contributed by atoms with E-state index in [1.165, 1.54) is 5.56 Å². The molecule has 3 N–H and O–H groups in total. The molecular weight excluding hydrogens is 214 g/mol. The maximum absolute atomic E-state index is 11.5. The van der Waals surface area contributed by atoms with E-state index < -0.39 is 0 Å². The highest BCUT2D eigenvalue weighted by molar-refractivity contribution is 5.75. The number of pyridine rings is 1. The molecule has 0 aromatic carbocycles. The first-order valence-electron chi connectivity index (χ1n) is 5.93. The van der Waals surface area contributed by atoms with Gasteiger partial charge in [0.15, 0.2) is 0 Å². The highest BCUT2D eigenvalue weighted by Gasteiger charge is 2.20. The molecule has 1 rings (SSSR count). The molecule has 0 saturated heterocycles. The standard InChI is InChI=1S/C13H21N3O/c1-13(2,11-5-8-15-9-6-11)10-16-12(17)4-3-7-14/h5-6,8-9H,3-4,7,10,14H2,1-2H3,(H,16,17). The minimum absolute atomic E-state index is 0.0672. The van der Waals surface area contributed by atoms with Crippen LogP contribution in [0.2, 0.25) is 0 Å². The van der Waals surface area contributed by atoms with Crippen molar-refractivity contribution in [3.05, 3.63) is 30.1 Å². The molecular formula is C13H21N3O. The van der Waals surface area contributed by atoms with Crippen LogP contribution in [0.15, 0.2) is 24.5 Å². The van der Waals surface area contributed by atoms with Crippen molar-refractivity contribution in [2.45, 2.75) is 32.1 Å². The maximum atomic E-state index is 11.5. The van der Waals surface area contributed by atoms with Crippen LogP contribution in [0.1, 0.15) is 32.3 Å². The molecule has 1 heterocycles. The molecule has 4 heteroatoms. The van der Waals surface area contributed by atoms with Crippen LogP contribution in [0.4, 0.5) is 0 Å². The Bertz CT molecular complexity index is 349. The zero-order valence-corrected chi connectivity index (χ0v) is 10.6. The molecule has 0 aliphatic heterocycles. The van der Waals surface area contributed by atoms with Gasteiger partial charge < -0.3 is 11.1 Å². The summed E-state index contributed by atoms with van der Waals surface area (Å²) < 4.78 is 0. The smallest absolute Gasteiger partial charge is 0.220 e. The van der Waals surface area contributed by atoms with Crippen LogP contribution in [0.5, 0.6) is 0 Å². The van der Waals surface area contributed by atoms with Crippen molar-refractivity contribution in [2.75, 3.05) is 13.1 Å². The van der Waals surface area contributed by atoms with Gasteiger partial charge in [0.2, 0.25) is 5.91 Å². The van der Waals surface area contributed by atoms with Crippen LogP contribution in [-0.2, 0) is 10.2 Å². The van der Waals surface area contributed by atoms with E-state index >= 15 is 0 Å². The van der Waals surface area contributed by atoms with Gasteiger partial charge in [0, 0.05) is 30.8 Å². The zero-order valence-electron chi connectivity index (χ0n) is 10.6. The second-order valence-electron chi connectivity index (χ2n) is 4.79. The first-order valence-corrected chi connectivity index (χ1v) is 5.93. The summed E-state index contributed by atoms with van der Waals surface area (Å²) in [5, 5.41) is 2.94. The van der Waals surface area contributed by atoms with E-state index in [2.05, 4.69) is 24.1 Å². The van der Waals surface area contributed by atoms with Gasteiger partial charge >= 0.3 is 0 Å². The number of nitrogens with one attached hydrogen (secondary N) is 1. The van der Waals surface area contributed by atoms with Crippen LogP contribution in [-0.4, -0.2) is 24.0 Å². The van der Waals surface area contributed by atoms with E-state index in [-0.39, 0.29) is 11.3 Å². The normalized spacial score (nSPS) is 11.2. The Labute approximate surface area is 103 Å². The summed E-state index contributed by atoms with van der Waals surface area (Å²) in [6.07, 6.45) is 4.78. The molecule has 1 aromatic rings. The van der Waals surface area contributed by atoms with Gasteiger partial charge in [0.25, 0.3) is 0 Å². The van der Waals surface area contributed by atoms with Gasteiger partial charge in [-0.3, -0.25) is 9.78 Å². The Hall–Kier alpha value is -1.42. The minimum Gasteiger partial charge on any atom is -0.355 e. The van der Waals surface area contributed by atoms with E-state index in [1.54, 1.807) is 12.4 Å². The molecule has 17 heavy (non-hydrogen) atoms. The number of nitrogens with zero attached hydrogens (tertiary/aromatic N) is 1. The Morgan fingerprint density at radius 2 is 2.06 bits per heavy atom. The van der Waals surface area contributed by atoms with Crippen molar-refractivity contribution < 1.29 is 4.79 Å². The first kappa shape index (κ1) is 13.6. The van der Waals surface area contributed by atoms with Gasteiger partial charge in [0.05, 0.1) is 0 Å². The summed E-state index contributed by atoms with van der Waals surface area (Å²) in [6, 6.07) is 3.96. The molecule has 0 aliphatic carbocycles. The van der Waals surface area contributed by atoms with Crippen LogP contribution in [0.3, 0.4) is 0 Å². The summed E-state index contributed by atoms with van der Waals surface area (Å²) in [5.74, 6) is 0.0672. The third-order valence-corrected chi connectivity index (χ3v) is 2.80. The molecule has 0 bridgehead atoms. The van der Waals surface area contributed by atoms with Crippen molar-refractivity contribution in [1.82, 2.24) is 10.3 Å². The van der Waals surface area contributed by atoms with E-state index in [1.807, 2.05) is 12.1 Å². The van der Waals surface area contributed by atoms with Crippen molar-refractivity contribution in [1.29, 1.82) is 0 Å². The summed E-state index contributed by atoms with van der Waals surface area (Å²) in [4.78, 5) is 15.5. The summed E-state index contributed by atoms with van der Waals surface area (Å²) in [5.41, 5.74) is 6.45. The quantitative estimate of drug-likeness (QED) is 0.779. The number of nitrogens with two attached hydrogens (primary N) is 1. The molecule has 0 radical (unpaired) electrons. The summed E-state index contributed by atoms with van der Waals surface area (Å²) >= 11 is 0. The van der Waals surface area contributed by atoms with E-state index in [0.717, 1.165) is 6.42 Å². The molecule has 0 fully saturated rings. The van der Waals surface area contributed by atoms with Crippen molar-refractivity contribution in [2.24, 2.45) is 5.73 Å². The Morgan fingerprint density at radius 3 is 2.65 bits per heavy atom. The van der Waals surface area contributed by atoms with Gasteiger partial charge in [-0.2, -0.15) is 0 Å². The van der Waals surface area contributed by atoms with E-state index in [4.69, 9.17) is 5.73 Å². The average Bonchev–Trinajstić information content (AvgIpc) is 2.35. The lowest BCUT2D eigenvalue weighted by Crippen LogP contribution is -2.36. The van der Waals surface area contributed by atoms with Crippen molar-refractivity contribution in [3.63, 3.8) is 0 Å². The number of hydrogen-bond acceptors (Lipinski definition) is 3. The fourth-order valence-electron chi connectivity index (χ4n) is 1.58. The third kappa shape index (κ3) is 4.53. The lowest BCUT2D eigenvalue weighted by Gasteiger charge is -2.25. The van der Waals surface area contributed by atoms with Gasteiger partial charge in [-0.05, 0) is 30.7 Å². The summed E-state index contributed by atoms with van der Waals surface area (Å²) in [7, 11) is 0. The second-order valence-corrected chi connectivity index (χ2v) is 4.79. The number of hydrogen-bond donors (Lipinski definition) is 2. The summed E-state index contributed by atoms with van der Waals surface area (Å²) in [6.45, 7) is 5.39. The van der Waals surface area contributed by atoms with Gasteiger partial charge in [-0.25, -0.2) is 0 Å². The first-order chi connectivity index (χ1) is 8.06. The SMILES string of the molecule is CC(C)(CNC(=O)CCCN)c1ccncc1. The molecule has 4 nitrogen and oxygen atoms in total. The zero-order chi connectivity index (χ0) is 12.7. The van der Waals surface area contributed by atoms with Crippen LogP contribution < -0.4 is 11.1 Å². The van der Waals surface area contributed by atoms with Crippen molar-refractivity contribution >= 4 is 5.91 Å². The van der Waals surface area contributed by atoms with Crippen molar-refractivity contribution in [3.8, 4) is 0 Å². The van der Waals surface area contributed by atoms with E-state index in [9.17, 15) is 4.79 Å². The molecule has 0 saturated carbocycles. The predicted octanol–water partition coefficient (Wildman–Crippen LogP) is 1.21. The minimum atomic E-state index is -0.0820. The topological polar surface area (TPSA) is 68.0 Å². The molecule has 94 valence electrons. The number of rotatable bonds is 6. The van der Waals surface area contributed by atoms with Crippen LogP contribution in [0.25, 0.3) is 0 Å². The second kappa shape index (κ2) is 6.35. The Balaban J connectivity index is 2.48. The van der Waals surface area contributed by atoms with Crippen LogP contribution >= 0.6 is 0 Å². The number of carbonyl (C=O) groups is 1. The largest absolute Gasteiger partial charge is 0.355 e. The Kier molecular flexibility index (Phi) is 5.10. The molecule has 0 atom stereocenters. The highest BCUT2D eigenvalue weighted by atomic mass is 16.1. The number of amides is 1. The predicted molar refractivity (Wildman–Crippen MR) is 68.6 cm³/mol. The Morgan fingerprint density at radius 1 is 1.41 bits per heavy atom. The molecule has 0 aliphatic rings. The molecule has 0 unspecified atom stereocenters. The number of aromatic nitrogens is 1. The molecule has 0 spiro atoms. The average molecular weight is 235 g/mol. The van der Waals surface area contributed by atoms with Crippen LogP contribution in [0, 0.1) is 0 Å². The molecule has 1 amide bonds. The number of carbonyl (C=O) groups excluding carboxylic acids is 1. The van der Waals surface area contributed by atoms with Gasteiger partial charge in [-0.15, -0.1) is 0 Å². The van der Waals surface area contributed by atoms with E-state index in [0.29, 0.717) is 19.5 Å². The van der Waals surface area contributed by atoms with Gasteiger partial charge in [-0.1, -0.05) is 13.8 Å². The maximum Gasteiger partial charge on any atom is 0.220 e.